The van der Waals surface area contributed by atoms with Crippen LogP contribution in [0.5, 0.6) is 0 Å². The molecule has 2 fully saturated rings. The minimum absolute atomic E-state index is 0.0366. The first kappa shape index (κ1) is 21.5. The molecule has 6 nitrogen and oxygen atoms in total. The van der Waals surface area contributed by atoms with E-state index in [2.05, 4.69) is 25.8 Å². The lowest BCUT2D eigenvalue weighted by atomic mass is 10.1. The van der Waals surface area contributed by atoms with E-state index < -0.39 is 11.7 Å². The quantitative estimate of drug-likeness (QED) is 0.518. The molecule has 3 N–H and O–H groups in total. The lowest BCUT2D eigenvalue weighted by Gasteiger charge is -2.29. The summed E-state index contributed by atoms with van der Waals surface area (Å²) in [6.45, 7) is 3.68. The van der Waals surface area contributed by atoms with Gasteiger partial charge in [0.2, 0.25) is 5.91 Å². The van der Waals surface area contributed by atoms with Gasteiger partial charge in [-0.05, 0) is 61.4 Å². The van der Waals surface area contributed by atoms with Crippen LogP contribution in [0.15, 0.2) is 48.5 Å². The number of pyridine rings is 1. The minimum atomic E-state index is -4.57. The number of alkyl halides is 3. The third-order valence-corrected chi connectivity index (χ3v) is 5.95. The van der Waals surface area contributed by atoms with Crippen molar-refractivity contribution in [2.45, 2.75) is 19.0 Å². The molecule has 0 atom stereocenters. The zero-order valence-corrected chi connectivity index (χ0v) is 17.9. The maximum atomic E-state index is 13.9. The molecule has 1 saturated heterocycles. The topological polar surface area (TPSA) is 69.3 Å². The van der Waals surface area contributed by atoms with Crippen LogP contribution < -0.4 is 20.9 Å². The summed E-state index contributed by atoms with van der Waals surface area (Å²) >= 11 is 0. The van der Waals surface area contributed by atoms with Crippen LogP contribution in [0.25, 0.3) is 10.9 Å². The number of carbonyl (C=O) groups excluding carboxylic acids is 1. The fourth-order valence-corrected chi connectivity index (χ4v) is 4.02. The molecule has 1 amide bonds. The van der Waals surface area contributed by atoms with Crippen LogP contribution in [0.1, 0.15) is 18.4 Å². The highest BCUT2D eigenvalue weighted by molar-refractivity contribution is 5.97. The number of carbonyl (C=O) groups is 1. The van der Waals surface area contributed by atoms with E-state index in [9.17, 15) is 18.0 Å². The van der Waals surface area contributed by atoms with Crippen molar-refractivity contribution in [3.8, 4) is 0 Å². The van der Waals surface area contributed by atoms with Gasteiger partial charge in [-0.1, -0.05) is 0 Å². The second kappa shape index (κ2) is 8.55. The highest BCUT2D eigenvalue weighted by Crippen LogP contribution is 2.38. The molecule has 0 unspecified atom stereocenters. The monoisotopic (exact) mass is 455 g/mol. The standard InChI is InChI=1S/C24H24F3N5O/c25-24(26,27)20-14-22(29-16-3-6-18(7-4-16)32-11-9-28-10-12-32)31-21-8-5-17(13-19(20)21)30-23(33)15-1-2-15/h3-8,13-15,28H,1-2,9-12H2,(H,29,31)(H,30,33). The van der Waals surface area contributed by atoms with Gasteiger partial charge < -0.3 is 20.9 Å². The van der Waals surface area contributed by atoms with Crippen molar-refractivity contribution in [3.63, 3.8) is 0 Å². The highest BCUT2D eigenvalue weighted by atomic mass is 19.4. The van der Waals surface area contributed by atoms with E-state index in [1.54, 1.807) is 6.07 Å². The second-order valence-corrected chi connectivity index (χ2v) is 8.46. The molecule has 1 aliphatic heterocycles. The molecule has 1 aliphatic carbocycles. The molecule has 33 heavy (non-hydrogen) atoms. The number of fused-ring (bicyclic) bond motifs is 1. The van der Waals surface area contributed by atoms with Crippen molar-refractivity contribution in [2.24, 2.45) is 5.92 Å². The SMILES string of the molecule is O=C(Nc1ccc2nc(Nc3ccc(N4CCNCC4)cc3)cc(C(F)(F)F)c2c1)C1CC1. The molecule has 2 aromatic carbocycles. The molecule has 9 heteroatoms. The Labute approximate surface area is 189 Å². The lowest BCUT2D eigenvalue weighted by Crippen LogP contribution is -2.43. The largest absolute Gasteiger partial charge is 0.417 e. The lowest BCUT2D eigenvalue weighted by molar-refractivity contribution is -0.136. The van der Waals surface area contributed by atoms with Crippen molar-refractivity contribution in [3.05, 3.63) is 54.1 Å². The summed E-state index contributed by atoms with van der Waals surface area (Å²) in [6.07, 6.45) is -2.93. The van der Waals surface area contributed by atoms with E-state index in [1.165, 1.54) is 12.1 Å². The van der Waals surface area contributed by atoms with Crippen molar-refractivity contribution >= 4 is 39.7 Å². The summed E-state index contributed by atoms with van der Waals surface area (Å²) in [5.74, 6) is -0.0802. The number of nitrogens with zero attached hydrogens (tertiary/aromatic N) is 2. The molecule has 5 rings (SSSR count). The van der Waals surface area contributed by atoms with Crippen LogP contribution in [0.2, 0.25) is 0 Å². The van der Waals surface area contributed by atoms with Gasteiger partial charge in [0.25, 0.3) is 0 Å². The number of rotatable bonds is 5. The molecular formula is C24H24F3N5O. The second-order valence-electron chi connectivity index (χ2n) is 8.46. The Morgan fingerprint density at radius 2 is 1.70 bits per heavy atom. The molecule has 0 bridgehead atoms. The van der Waals surface area contributed by atoms with E-state index in [0.717, 1.165) is 50.8 Å². The zero-order valence-electron chi connectivity index (χ0n) is 17.9. The maximum Gasteiger partial charge on any atom is 0.417 e. The van der Waals surface area contributed by atoms with Crippen LogP contribution in [-0.4, -0.2) is 37.1 Å². The smallest absolute Gasteiger partial charge is 0.369 e. The Hall–Kier alpha value is -3.33. The summed E-state index contributed by atoms with van der Waals surface area (Å²) in [4.78, 5) is 18.7. The Morgan fingerprint density at radius 3 is 2.36 bits per heavy atom. The minimum Gasteiger partial charge on any atom is -0.369 e. The Balaban J connectivity index is 1.41. The summed E-state index contributed by atoms with van der Waals surface area (Å²) < 4.78 is 41.6. The number of halogens is 3. The molecule has 3 aromatic rings. The van der Waals surface area contributed by atoms with Crippen LogP contribution in [0.4, 0.5) is 36.1 Å². The summed E-state index contributed by atoms with van der Waals surface area (Å²) in [5.41, 5.74) is 1.48. The van der Waals surface area contributed by atoms with Crippen LogP contribution >= 0.6 is 0 Å². The Morgan fingerprint density at radius 1 is 1.00 bits per heavy atom. The Bertz CT molecular complexity index is 1170. The van der Waals surface area contributed by atoms with Gasteiger partial charge in [0.1, 0.15) is 5.82 Å². The van der Waals surface area contributed by atoms with Crippen LogP contribution in [0, 0.1) is 5.92 Å². The molecule has 0 radical (unpaired) electrons. The fourth-order valence-electron chi connectivity index (χ4n) is 4.02. The summed E-state index contributed by atoms with van der Waals surface area (Å²) in [6, 6.07) is 13.0. The number of benzene rings is 2. The van der Waals surface area contributed by atoms with Gasteiger partial charge >= 0.3 is 6.18 Å². The van der Waals surface area contributed by atoms with Crippen molar-refractivity contribution < 1.29 is 18.0 Å². The van der Waals surface area contributed by atoms with Crippen molar-refractivity contribution in [1.29, 1.82) is 0 Å². The molecule has 2 aliphatic rings. The van der Waals surface area contributed by atoms with Crippen molar-refractivity contribution in [2.75, 3.05) is 41.7 Å². The first-order valence-corrected chi connectivity index (χ1v) is 11.0. The number of amides is 1. The predicted octanol–water partition coefficient (Wildman–Crippen LogP) is 4.76. The average Bonchev–Trinajstić information content (AvgIpc) is 3.65. The molecule has 1 saturated carbocycles. The number of anilines is 4. The van der Waals surface area contributed by atoms with Gasteiger partial charge in [0, 0.05) is 54.5 Å². The number of hydrogen-bond donors (Lipinski definition) is 3. The molecule has 172 valence electrons. The van der Waals surface area contributed by atoms with Crippen molar-refractivity contribution in [1.82, 2.24) is 10.3 Å². The van der Waals surface area contributed by atoms with Gasteiger partial charge in [0.15, 0.2) is 0 Å². The number of hydrogen-bond acceptors (Lipinski definition) is 5. The van der Waals surface area contributed by atoms with E-state index in [4.69, 9.17) is 0 Å². The summed E-state index contributed by atoms with van der Waals surface area (Å²) in [5, 5.41) is 8.96. The number of aromatic nitrogens is 1. The fraction of sp³-hybridized carbons (Fsp3) is 0.333. The average molecular weight is 455 g/mol. The van der Waals surface area contributed by atoms with Gasteiger partial charge in [-0.2, -0.15) is 13.2 Å². The number of piperazine rings is 1. The molecule has 1 aromatic heterocycles. The third-order valence-electron chi connectivity index (χ3n) is 5.95. The van der Waals surface area contributed by atoms with Gasteiger partial charge in [-0.3, -0.25) is 4.79 Å². The van der Waals surface area contributed by atoms with E-state index in [0.29, 0.717) is 11.4 Å². The number of nitrogens with one attached hydrogen (secondary N) is 3. The Kier molecular flexibility index (Phi) is 5.57. The normalized spacial score (nSPS) is 16.6. The third kappa shape index (κ3) is 4.88. The molecular weight excluding hydrogens is 431 g/mol. The van der Waals surface area contributed by atoms with Gasteiger partial charge in [-0.25, -0.2) is 4.98 Å². The predicted molar refractivity (Wildman–Crippen MR) is 123 cm³/mol. The van der Waals surface area contributed by atoms with Crippen LogP contribution in [0.3, 0.4) is 0 Å². The van der Waals surface area contributed by atoms with Gasteiger partial charge in [-0.15, -0.1) is 0 Å². The highest BCUT2D eigenvalue weighted by Gasteiger charge is 2.34. The zero-order chi connectivity index (χ0) is 23.0. The van der Waals surface area contributed by atoms with E-state index in [1.807, 2.05) is 24.3 Å². The first-order chi connectivity index (χ1) is 15.9. The summed E-state index contributed by atoms with van der Waals surface area (Å²) in [7, 11) is 0. The van der Waals surface area contributed by atoms with E-state index >= 15 is 0 Å². The van der Waals surface area contributed by atoms with E-state index in [-0.39, 0.29) is 28.5 Å². The maximum absolute atomic E-state index is 13.9. The van der Waals surface area contributed by atoms with Crippen LogP contribution in [-0.2, 0) is 11.0 Å². The van der Waals surface area contributed by atoms with Gasteiger partial charge in [0.05, 0.1) is 11.1 Å². The molecule has 0 spiro atoms. The first-order valence-electron chi connectivity index (χ1n) is 11.0. The molecule has 2 heterocycles.